The van der Waals surface area contributed by atoms with Crippen molar-refractivity contribution in [2.45, 2.75) is 13.8 Å². The number of ether oxygens (including phenoxy) is 1. The second kappa shape index (κ2) is 5.26. The van der Waals surface area contributed by atoms with Crippen LogP contribution in [-0.4, -0.2) is 17.3 Å². The van der Waals surface area contributed by atoms with Crippen LogP contribution >= 0.6 is 11.3 Å². The van der Waals surface area contributed by atoms with E-state index in [0.717, 1.165) is 33.7 Å². The summed E-state index contributed by atoms with van der Waals surface area (Å²) in [6.45, 7) is 4.13. The van der Waals surface area contributed by atoms with Gasteiger partial charge in [-0.05, 0) is 36.9 Å². The van der Waals surface area contributed by atoms with Crippen molar-refractivity contribution in [2.24, 2.45) is 0 Å². The lowest BCUT2D eigenvalue weighted by Crippen LogP contribution is -1.93. The van der Waals surface area contributed by atoms with E-state index in [1.54, 1.807) is 18.4 Å². The molecule has 21 heavy (non-hydrogen) atoms. The monoisotopic (exact) mass is 299 g/mol. The van der Waals surface area contributed by atoms with E-state index in [0.29, 0.717) is 5.82 Å². The largest absolute Gasteiger partial charge is 0.496 e. The number of aromatic amines is 1. The summed E-state index contributed by atoms with van der Waals surface area (Å²) in [5.41, 5.74) is 12.4. The van der Waals surface area contributed by atoms with Crippen molar-refractivity contribution in [3.8, 4) is 28.1 Å². The van der Waals surface area contributed by atoms with Gasteiger partial charge in [0.05, 0.1) is 18.4 Å². The number of benzene rings is 1. The van der Waals surface area contributed by atoms with Crippen molar-refractivity contribution in [2.75, 3.05) is 12.8 Å². The molecule has 5 heteroatoms. The Morgan fingerprint density at radius 1 is 1.19 bits per heavy atom. The highest BCUT2D eigenvalue weighted by Crippen LogP contribution is 2.41. The van der Waals surface area contributed by atoms with Crippen molar-refractivity contribution in [3.05, 3.63) is 40.1 Å². The standard InChI is InChI=1S/C16H17N3OS/c1-9-4-5-13(20-3)11(6-9)14-15(18-19-16(14)17)12-8-21-7-10(12)2/h4-8H,1-3H3,(H3,17,18,19). The van der Waals surface area contributed by atoms with E-state index in [9.17, 15) is 0 Å². The number of nitrogens with one attached hydrogen (secondary N) is 1. The minimum Gasteiger partial charge on any atom is -0.496 e. The van der Waals surface area contributed by atoms with Crippen LogP contribution in [0.5, 0.6) is 5.75 Å². The molecular weight excluding hydrogens is 282 g/mol. The molecule has 0 saturated heterocycles. The van der Waals surface area contributed by atoms with Crippen molar-refractivity contribution < 1.29 is 4.74 Å². The number of rotatable bonds is 3. The molecule has 1 aromatic carbocycles. The molecule has 0 spiro atoms. The van der Waals surface area contributed by atoms with E-state index < -0.39 is 0 Å². The number of aromatic nitrogens is 2. The Bertz CT molecular complexity index is 789. The molecule has 4 nitrogen and oxygen atoms in total. The minimum absolute atomic E-state index is 0.486. The molecule has 0 radical (unpaired) electrons. The van der Waals surface area contributed by atoms with Crippen LogP contribution in [0.25, 0.3) is 22.4 Å². The summed E-state index contributed by atoms with van der Waals surface area (Å²) in [6.07, 6.45) is 0. The van der Waals surface area contributed by atoms with Gasteiger partial charge >= 0.3 is 0 Å². The summed E-state index contributed by atoms with van der Waals surface area (Å²) in [7, 11) is 1.67. The van der Waals surface area contributed by atoms with Gasteiger partial charge in [-0.25, -0.2) is 0 Å². The van der Waals surface area contributed by atoms with Gasteiger partial charge in [-0.3, -0.25) is 5.10 Å². The SMILES string of the molecule is COc1ccc(C)cc1-c1c(N)n[nH]c1-c1cscc1C. The van der Waals surface area contributed by atoms with Crippen molar-refractivity contribution >= 4 is 17.2 Å². The fourth-order valence-electron chi connectivity index (χ4n) is 2.46. The quantitative estimate of drug-likeness (QED) is 0.768. The highest BCUT2D eigenvalue weighted by atomic mass is 32.1. The van der Waals surface area contributed by atoms with Crippen LogP contribution in [0.1, 0.15) is 11.1 Å². The molecule has 108 valence electrons. The van der Waals surface area contributed by atoms with Gasteiger partial charge in [-0.15, -0.1) is 0 Å². The summed E-state index contributed by atoms with van der Waals surface area (Å²) in [5, 5.41) is 11.5. The molecule has 0 saturated carbocycles. The third-order valence-corrected chi connectivity index (χ3v) is 4.40. The number of methoxy groups -OCH3 is 1. The van der Waals surface area contributed by atoms with E-state index in [1.165, 1.54) is 5.56 Å². The molecule has 0 bridgehead atoms. The number of anilines is 1. The summed E-state index contributed by atoms with van der Waals surface area (Å²) >= 11 is 1.67. The van der Waals surface area contributed by atoms with Gasteiger partial charge in [0.25, 0.3) is 0 Å². The number of H-pyrrole nitrogens is 1. The molecule has 3 rings (SSSR count). The first kappa shape index (κ1) is 13.7. The first-order chi connectivity index (χ1) is 10.1. The van der Waals surface area contributed by atoms with Gasteiger partial charge in [0, 0.05) is 16.5 Å². The maximum atomic E-state index is 6.11. The number of hydrogen-bond acceptors (Lipinski definition) is 4. The lowest BCUT2D eigenvalue weighted by molar-refractivity contribution is 0.416. The van der Waals surface area contributed by atoms with E-state index in [-0.39, 0.29) is 0 Å². The van der Waals surface area contributed by atoms with Crippen LogP contribution in [0.2, 0.25) is 0 Å². The van der Waals surface area contributed by atoms with E-state index in [4.69, 9.17) is 10.5 Å². The van der Waals surface area contributed by atoms with E-state index >= 15 is 0 Å². The van der Waals surface area contributed by atoms with Crippen LogP contribution in [-0.2, 0) is 0 Å². The third-order valence-electron chi connectivity index (χ3n) is 3.54. The molecule has 0 aliphatic heterocycles. The number of hydrogen-bond donors (Lipinski definition) is 2. The lowest BCUT2D eigenvalue weighted by Gasteiger charge is -2.11. The maximum Gasteiger partial charge on any atom is 0.153 e. The number of nitrogens with zero attached hydrogens (tertiary/aromatic N) is 1. The Kier molecular flexibility index (Phi) is 3.43. The van der Waals surface area contributed by atoms with Crippen LogP contribution in [0, 0.1) is 13.8 Å². The lowest BCUT2D eigenvalue weighted by atomic mass is 9.98. The normalized spacial score (nSPS) is 10.8. The van der Waals surface area contributed by atoms with Gasteiger partial charge in [0.15, 0.2) is 5.82 Å². The second-order valence-electron chi connectivity index (χ2n) is 5.03. The summed E-state index contributed by atoms with van der Waals surface area (Å²) in [5.74, 6) is 1.28. The Hall–Kier alpha value is -2.27. The van der Waals surface area contributed by atoms with E-state index in [1.807, 2.05) is 12.1 Å². The van der Waals surface area contributed by atoms with Gasteiger partial charge in [0.2, 0.25) is 0 Å². The number of nitrogens with two attached hydrogens (primary N) is 1. The first-order valence-corrected chi connectivity index (χ1v) is 7.58. The zero-order valence-corrected chi connectivity index (χ0v) is 13.0. The number of aryl methyl sites for hydroxylation is 2. The molecule has 0 aliphatic rings. The highest BCUT2D eigenvalue weighted by Gasteiger charge is 2.19. The Labute approximate surface area is 127 Å². The summed E-state index contributed by atoms with van der Waals surface area (Å²) in [6, 6.07) is 6.06. The highest BCUT2D eigenvalue weighted by molar-refractivity contribution is 7.08. The Morgan fingerprint density at radius 3 is 2.67 bits per heavy atom. The molecule has 0 atom stereocenters. The minimum atomic E-state index is 0.486. The summed E-state index contributed by atoms with van der Waals surface area (Å²) < 4.78 is 5.49. The first-order valence-electron chi connectivity index (χ1n) is 6.64. The number of nitrogen functional groups attached to an aromatic ring is 1. The molecule has 3 aromatic rings. The molecular formula is C16H17N3OS. The summed E-state index contributed by atoms with van der Waals surface area (Å²) in [4.78, 5) is 0. The second-order valence-corrected chi connectivity index (χ2v) is 5.77. The molecule has 0 unspecified atom stereocenters. The fourth-order valence-corrected chi connectivity index (χ4v) is 3.30. The number of thiophene rings is 1. The van der Waals surface area contributed by atoms with Crippen LogP contribution in [0.3, 0.4) is 0 Å². The van der Waals surface area contributed by atoms with Crippen LogP contribution < -0.4 is 10.5 Å². The van der Waals surface area contributed by atoms with Crippen molar-refractivity contribution in [1.29, 1.82) is 0 Å². The Balaban J connectivity index is 2.27. The molecule has 0 fully saturated rings. The molecule has 2 aromatic heterocycles. The predicted octanol–water partition coefficient (Wildman–Crippen LogP) is 4.01. The third kappa shape index (κ3) is 2.29. The maximum absolute atomic E-state index is 6.11. The van der Waals surface area contributed by atoms with Gasteiger partial charge in [-0.1, -0.05) is 11.6 Å². The van der Waals surface area contributed by atoms with Crippen molar-refractivity contribution in [3.63, 3.8) is 0 Å². The molecule has 0 aliphatic carbocycles. The topological polar surface area (TPSA) is 63.9 Å². The fraction of sp³-hybridized carbons (Fsp3) is 0.188. The zero-order valence-electron chi connectivity index (χ0n) is 12.2. The van der Waals surface area contributed by atoms with Gasteiger partial charge in [0.1, 0.15) is 5.75 Å². The predicted molar refractivity (Wildman–Crippen MR) is 87.8 cm³/mol. The van der Waals surface area contributed by atoms with E-state index in [2.05, 4.69) is 40.9 Å². The Morgan fingerprint density at radius 2 is 2.00 bits per heavy atom. The average molecular weight is 299 g/mol. The van der Waals surface area contributed by atoms with Crippen molar-refractivity contribution in [1.82, 2.24) is 10.2 Å². The van der Waals surface area contributed by atoms with Gasteiger partial charge in [-0.2, -0.15) is 16.4 Å². The van der Waals surface area contributed by atoms with Crippen LogP contribution in [0.4, 0.5) is 5.82 Å². The molecule has 2 heterocycles. The molecule has 0 amide bonds. The van der Waals surface area contributed by atoms with Crippen LogP contribution in [0.15, 0.2) is 29.0 Å². The van der Waals surface area contributed by atoms with Gasteiger partial charge < -0.3 is 10.5 Å². The molecule has 3 N–H and O–H groups in total. The average Bonchev–Trinajstić information content (AvgIpc) is 3.04. The zero-order chi connectivity index (χ0) is 15.0. The smallest absolute Gasteiger partial charge is 0.153 e.